The van der Waals surface area contributed by atoms with E-state index in [1.807, 2.05) is 39.0 Å². The van der Waals surface area contributed by atoms with E-state index in [1.54, 1.807) is 6.07 Å². The zero-order chi connectivity index (χ0) is 27.8. The lowest BCUT2D eigenvalue weighted by atomic mass is 10.2. The first-order valence-electron chi connectivity index (χ1n) is 13.1. The van der Waals surface area contributed by atoms with Crippen LogP contribution < -0.4 is 15.5 Å². The van der Waals surface area contributed by atoms with Crippen LogP contribution in [0.25, 0.3) is 0 Å². The number of aromatic nitrogens is 3. The summed E-state index contributed by atoms with van der Waals surface area (Å²) in [4.78, 5) is 42.9. The molecule has 12 heteroatoms. The number of para-hydroxylation sites is 1. The molecule has 39 heavy (non-hydrogen) atoms. The number of ether oxygens (including phenoxy) is 1. The second kappa shape index (κ2) is 13.7. The number of benzene rings is 1. The molecule has 1 fully saturated rings. The van der Waals surface area contributed by atoms with Gasteiger partial charge in [-0.25, -0.2) is 15.0 Å². The molecule has 0 aliphatic carbocycles. The molecule has 1 aliphatic heterocycles. The van der Waals surface area contributed by atoms with Crippen LogP contribution in [-0.4, -0.2) is 71.1 Å². The fourth-order valence-corrected chi connectivity index (χ4v) is 5.32. The number of halogens is 1. The average molecular weight is 572 g/mol. The number of nitrogens with one attached hydrogen (secondary N) is 2. The number of aryl methyl sites for hydroxylation is 2. The van der Waals surface area contributed by atoms with E-state index in [4.69, 9.17) is 16.3 Å². The summed E-state index contributed by atoms with van der Waals surface area (Å²) in [5.74, 6) is 1.75. The standard InChI is InChI=1S/C27H34ClN7O3S/c1-4-38-24(36)10-5-6-11-34-12-14-35(15-13-34)23-16-22(30-19(3)31-23)32-27-29-17-21(39-27)26(37)33-25-18(2)8-7-9-20(25)28/h7-9,16-17H,4-6,10-15H2,1-3H3,(H,33,37)(H,29,30,31,32). The summed E-state index contributed by atoms with van der Waals surface area (Å²) in [6, 6.07) is 7.39. The van der Waals surface area contributed by atoms with Crippen LogP contribution in [0.3, 0.4) is 0 Å². The number of anilines is 4. The number of carbonyl (C=O) groups excluding carboxylic acids is 2. The summed E-state index contributed by atoms with van der Waals surface area (Å²) in [6.07, 6.45) is 3.84. The minimum Gasteiger partial charge on any atom is -0.466 e. The molecule has 0 spiro atoms. The topological polar surface area (TPSA) is 113 Å². The Labute approximate surface area is 237 Å². The number of piperazine rings is 1. The molecule has 1 amide bonds. The van der Waals surface area contributed by atoms with Crippen LogP contribution in [0.2, 0.25) is 5.02 Å². The molecule has 1 aromatic carbocycles. The predicted molar refractivity (Wildman–Crippen MR) is 155 cm³/mol. The monoisotopic (exact) mass is 571 g/mol. The molecule has 2 aromatic heterocycles. The minimum atomic E-state index is -0.268. The lowest BCUT2D eigenvalue weighted by Gasteiger charge is -2.35. The van der Waals surface area contributed by atoms with E-state index in [0.29, 0.717) is 45.4 Å². The third-order valence-corrected chi connectivity index (χ3v) is 7.58. The van der Waals surface area contributed by atoms with E-state index >= 15 is 0 Å². The van der Waals surface area contributed by atoms with Crippen LogP contribution in [0.5, 0.6) is 0 Å². The number of carbonyl (C=O) groups is 2. The van der Waals surface area contributed by atoms with Gasteiger partial charge in [-0.05, 0) is 51.8 Å². The Morgan fingerprint density at radius 2 is 1.92 bits per heavy atom. The van der Waals surface area contributed by atoms with Crippen molar-refractivity contribution in [3.8, 4) is 0 Å². The van der Waals surface area contributed by atoms with Gasteiger partial charge in [-0.15, -0.1) is 0 Å². The first-order valence-corrected chi connectivity index (χ1v) is 14.3. The van der Waals surface area contributed by atoms with Gasteiger partial charge in [0, 0.05) is 38.7 Å². The highest BCUT2D eigenvalue weighted by molar-refractivity contribution is 7.17. The molecule has 0 saturated carbocycles. The quantitative estimate of drug-likeness (QED) is 0.241. The Kier molecular flexibility index (Phi) is 10.1. The number of nitrogens with zero attached hydrogens (tertiary/aromatic N) is 5. The number of thiazole rings is 1. The molecule has 208 valence electrons. The number of amides is 1. The Bertz CT molecular complexity index is 1270. The molecule has 3 heterocycles. The van der Waals surface area contributed by atoms with Gasteiger partial charge in [0.25, 0.3) is 5.91 Å². The average Bonchev–Trinajstić information content (AvgIpc) is 3.37. The zero-order valence-electron chi connectivity index (χ0n) is 22.5. The van der Waals surface area contributed by atoms with Gasteiger partial charge in [0.05, 0.1) is 23.5 Å². The van der Waals surface area contributed by atoms with Crippen molar-refractivity contribution in [3.63, 3.8) is 0 Å². The first-order chi connectivity index (χ1) is 18.8. The molecular formula is C27H34ClN7O3S. The van der Waals surface area contributed by atoms with Crippen molar-refractivity contribution >= 4 is 57.3 Å². The van der Waals surface area contributed by atoms with Crippen molar-refractivity contribution < 1.29 is 14.3 Å². The van der Waals surface area contributed by atoms with Gasteiger partial charge in [-0.1, -0.05) is 35.1 Å². The predicted octanol–water partition coefficient (Wildman–Crippen LogP) is 5.05. The van der Waals surface area contributed by atoms with Crippen molar-refractivity contribution in [2.24, 2.45) is 0 Å². The third-order valence-electron chi connectivity index (χ3n) is 6.36. The smallest absolute Gasteiger partial charge is 0.305 e. The SMILES string of the molecule is CCOC(=O)CCCCN1CCN(c2cc(Nc3ncc(C(=O)Nc4c(C)cccc4Cl)s3)nc(C)n2)CC1. The van der Waals surface area contributed by atoms with Crippen molar-refractivity contribution in [3.05, 3.63) is 51.7 Å². The van der Waals surface area contributed by atoms with Crippen LogP contribution in [0.1, 0.15) is 47.2 Å². The number of unbranched alkanes of at least 4 members (excludes halogenated alkanes) is 1. The molecule has 1 saturated heterocycles. The number of rotatable bonds is 11. The number of esters is 1. The fraction of sp³-hybridized carbons (Fsp3) is 0.444. The Hall–Kier alpha value is -3.28. The van der Waals surface area contributed by atoms with Crippen molar-refractivity contribution in [1.82, 2.24) is 19.9 Å². The van der Waals surface area contributed by atoms with Gasteiger partial charge in [0.2, 0.25) is 0 Å². The lowest BCUT2D eigenvalue weighted by Crippen LogP contribution is -2.47. The molecule has 10 nitrogen and oxygen atoms in total. The molecule has 0 unspecified atom stereocenters. The second-order valence-electron chi connectivity index (χ2n) is 9.29. The molecule has 0 bridgehead atoms. The van der Waals surface area contributed by atoms with Crippen molar-refractivity contribution in [1.29, 1.82) is 0 Å². The van der Waals surface area contributed by atoms with Gasteiger partial charge in [0.15, 0.2) is 5.13 Å². The van der Waals surface area contributed by atoms with E-state index in [0.717, 1.165) is 56.9 Å². The highest BCUT2D eigenvalue weighted by atomic mass is 35.5. The maximum atomic E-state index is 12.8. The van der Waals surface area contributed by atoms with E-state index in [-0.39, 0.29) is 11.9 Å². The van der Waals surface area contributed by atoms with E-state index in [9.17, 15) is 9.59 Å². The largest absolute Gasteiger partial charge is 0.466 e. The maximum absolute atomic E-state index is 12.8. The van der Waals surface area contributed by atoms with E-state index in [1.165, 1.54) is 17.5 Å². The highest BCUT2D eigenvalue weighted by Crippen LogP contribution is 2.28. The summed E-state index contributed by atoms with van der Waals surface area (Å²) >= 11 is 7.49. The molecule has 4 rings (SSSR count). The van der Waals surface area contributed by atoms with Crippen molar-refractivity contribution in [2.75, 3.05) is 54.9 Å². The Morgan fingerprint density at radius 3 is 2.67 bits per heavy atom. The summed E-state index contributed by atoms with van der Waals surface area (Å²) < 4.78 is 4.99. The van der Waals surface area contributed by atoms with E-state index in [2.05, 4.69) is 35.4 Å². The molecular weight excluding hydrogens is 538 g/mol. The number of hydrogen-bond acceptors (Lipinski definition) is 10. The number of hydrogen-bond donors (Lipinski definition) is 2. The molecule has 0 atom stereocenters. The summed E-state index contributed by atoms with van der Waals surface area (Å²) in [5.41, 5.74) is 1.48. The molecule has 3 aromatic rings. The van der Waals surface area contributed by atoms with E-state index < -0.39 is 0 Å². The summed E-state index contributed by atoms with van der Waals surface area (Å²) in [6.45, 7) is 10.6. The van der Waals surface area contributed by atoms with Crippen molar-refractivity contribution in [2.45, 2.75) is 40.0 Å². The van der Waals surface area contributed by atoms with Crippen LogP contribution in [0.15, 0.2) is 30.5 Å². The fourth-order valence-electron chi connectivity index (χ4n) is 4.33. The third kappa shape index (κ3) is 8.11. The maximum Gasteiger partial charge on any atom is 0.305 e. The summed E-state index contributed by atoms with van der Waals surface area (Å²) in [5, 5.41) is 7.15. The first kappa shape index (κ1) is 28.7. The molecule has 0 radical (unpaired) electrons. The van der Waals surface area contributed by atoms with Gasteiger partial charge >= 0.3 is 5.97 Å². The van der Waals surface area contributed by atoms with Gasteiger partial charge in [-0.2, -0.15) is 0 Å². The Balaban J connectivity index is 1.30. The Morgan fingerprint density at radius 1 is 1.13 bits per heavy atom. The van der Waals surface area contributed by atoms with Gasteiger partial charge in [0.1, 0.15) is 22.3 Å². The lowest BCUT2D eigenvalue weighted by molar-refractivity contribution is -0.143. The molecule has 2 N–H and O–H groups in total. The zero-order valence-corrected chi connectivity index (χ0v) is 24.1. The molecule has 1 aliphatic rings. The van der Waals surface area contributed by atoms with Crippen LogP contribution >= 0.6 is 22.9 Å². The summed E-state index contributed by atoms with van der Waals surface area (Å²) in [7, 11) is 0. The van der Waals surface area contributed by atoms with Gasteiger partial charge in [-0.3, -0.25) is 14.5 Å². The van der Waals surface area contributed by atoms with Gasteiger partial charge < -0.3 is 20.3 Å². The normalized spacial score (nSPS) is 13.8. The van der Waals surface area contributed by atoms with Crippen LogP contribution in [0, 0.1) is 13.8 Å². The minimum absolute atomic E-state index is 0.115. The van der Waals surface area contributed by atoms with Crippen LogP contribution in [-0.2, 0) is 9.53 Å². The second-order valence-corrected chi connectivity index (χ2v) is 10.7. The highest BCUT2D eigenvalue weighted by Gasteiger charge is 2.20. The van der Waals surface area contributed by atoms with Crippen LogP contribution in [0.4, 0.5) is 22.5 Å².